The predicted molar refractivity (Wildman–Crippen MR) is 82.5 cm³/mol. The molecule has 1 aromatic carbocycles. The molecule has 0 saturated heterocycles. The van der Waals surface area contributed by atoms with Gasteiger partial charge < -0.3 is 8.85 Å². The highest BCUT2D eigenvalue weighted by atomic mass is 79.9. The van der Waals surface area contributed by atoms with E-state index in [0.717, 1.165) is 36.6 Å². The van der Waals surface area contributed by atoms with Crippen molar-refractivity contribution in [2.75, 3.05) is 13.2 Å². The second-order valence-electron chi connectivity index (χ2n) is 4.31. The van der Waals surface area contributed by atoms with E-state index in [2.05, 4.69) is 54.9 Å². The number of hydrogen-bond donors (Lipinski definition) is 0. The molecular weight excluding hydrogens is 308 g/mol. The van der Waals surface area contributed by atoms with Crippen molar-refractivity contribution >= 4 is 29.7 Å². The second-order valence-corrected chi connectivity index (χ2v) is 8.60. The van der Waals surface area contributed by atoms with Crippen LogP contribution in [0.2, 0.25) is 6.04 Å². The summed E-state index contributed by atoms with van der Waals surface area (Å²) in [4.78, 5) is 0. The Labute approximate surface area is 120 Å². The average Bonchev–Trinajstić information content (AvgIpc) is 2.40. The smallest absolute Gasteiger partial charge is 0.372 e. The lowest BCUT2D eigenvalue weighted by Crippen LogP contribution is -2.53. The van der Waals surface area contributed by atoms with Gasteiger partial charge in [0.15, 0.2) is 0 Å². The molecule has 1 aromatic rings. The Morgan fingerprint density at radius 2 is 1.67 bits per heavy atom. The monoisotopic (exact) mass is 330 g/mol. The van der Waals surface area contributed by atoms with Crippen LogP contribution in [0, 0.1) is 0 Å². The zero-order chi connectivity index (χ0) is 13.4. The molecule has 0 aliphatic heterocycles. The molecular formula is C14H23BrO2Si. The normalized spacial score (nSPS) is 11.8. The van der Waals surface area contributed by atoms with Gasteiger partial charge in [-0.15, -0.1) is 0 Å². The summed E-state index contributed by atoms with van der Waals surface area (Å²) in [6, 6.07) is 9.32. The molecule has 0 aliphatic carbocycles. The third-order valence-electron chi connectivity index (χ3n) is 2.81. The molecule has 0 unspecified atom stereocenters. The van der Waals surface area contributed by atoms with Gasteiger partial charge in [0.2, 0.25) is 0 Å². The van der Waals surface area contributed by atoms with Crippen LogP contribution in [0.1, 0.15) is 33.6 Å². The highest BCUT2D eigenvalue weighted by Crippen LogP contribution is 2.17. The number of benzene rings is 1. The highest BCUT2D eigenvalue weighted by molar-refractivity contribution is 9.10. The summed E-state index contributed by atoms with van der Waals surface area (Å²) in [6.07, 6.45) is 2.05. The zero-order valence-corrected chi connectivity index (χ0v) is 14.1. The van der Waals surface area contributed by atoms with Crippen LogP contribution in [0.3, 0.4) is 0 Å². The number of halogens is 1. The molecule has 0 heterocycles. The molecule has 0 amide bonds. The van der Waals surface area contributed by atoms with Crippen molar-refractivity contribution in [2.45, 2.75) is 39.7 Å². The van der Waals surface area contributed by atoms with Gasteiger partial charge in [-0.05, 0) is 36.2 Å². The van der Waals surface area contributed by atoms with E-state index in [0.29, 0.717) is 0 Å². The summed E-state index contributed by atoms with van der Waals surface area (Å²) in [7, 11) is -2.25. The van der Waals surface area contributed by atoms with Gasteiger partial charge in [-0.25, -0.2) is 0 Å². The van der Waals surface area contributed by atoms with Crippen LogP contribution in [0.5, 0.6) is 0 Å². The Morgan fingerprint density at radius 1 is 1.06 bits per heavy atom. The topological polar surface area (TPSA) is 18.5 Å². The minimum atomic E-state index is -2.25. The molecule has 2 nitrogen and oxygen atoms in total. The molecule has 0 bridgehead atoms. The van der Waals surface area contributed by atoms with Crippen LogP contribution in [-0.2, 0) is 8.85 Å². The van der Waals surface area contributed by atoms with Crippen molar-refractivity contribution in [3.8, 4) is 0 Å². The summed E-state index contributed by atoms with van der Waals surface area (Å²) < 4.78 is 13.4. The summed E-state index contributed by atoms with van der Waals surface area (Å²) in [5, 5.41) is 1.22. The van der Waals surface area contributed by atoms with Crippen molar-refractivity contribution < 1.29 is 8.85 Å². The van der Waals surface area contributed by atoms with Crippen LogP contribution in [0.25, 0.3) is 0 Å². The molecule has 102 valence electrons. The van der Waals surface area contributed by atoms with E-state index in [-0.39, 0.29) is 0 Å². The van der Waals surface area contributed by atoms with E-state index in [1.54, 1.807) is 0 Å². The van der Waals surface area contributed by atoms with E-state index in [1.807, 2.05) is 6.07 Å². The molecule has 0 spiro atoms. The van der Waals surface area contributed by atoms with Gasteiger partial charge in [-0.2, -0.15) is 0 Å². The fraction of sp³-hybridized carbons (Fsp3) is 0.571. The van der Waals surface area contributed by atoms with Gasteiger partial charge >= 0.3 is 8.56 Å². The van der Waals surface area contributed by atoms with E-state index >= 15 is 0 Å². The van der Waals surface area contributed by atoms with Crippen molar-refractivity contribution in [1.29, 1.82) is 0 Å². The molecule has 0 radical (unpaired) electrons. The van der Waals surface area contributed by atoms with Gasteiger partial charge in [-0.1, -0.05) is 48.8 Å². The summed E-state index contributed by atoms with van der Waals surface area (Å²) in [5.74, 6) is 0. The quantitative estimate of drug-likeness (QED) is 0.671. The first-order valence-corrected chi connectivity index (χ1v) is 9.54. The van der Waals surface area contributed by atoms with Gasteiger partial charge in [0, 0.05) is 17.7 Å². The lowest BCUT2D eigenvalue weighted by Gasteiger charge is -2.30. The van der Waals surface area contributed by atoms with Crippen molar-refractivity contribution in [3.63, 3.8) is 0 Å². The summed E-state index contributed by atoms with van der Waals surface area (Å²) in [6.45, 7) is 7.98. The van der Waals surface area contributed by atoms with E-state index in [9.17, 15) is 0 Å². The van der Waals surface area contributed by atoms with Gasteiger partial charge in [0.25, 0.3) is 0 Å². The molecule has 0 fully saturated rings. The van der Waals surface area contributed by atoms with Crippen LogP contribution >= 0.6 is 15.9 Å². The van der Waals surface area contributed by atoms with E-state index in [1.165, 1.54) is 5.19 Å². The lowest BCUT2D eigenvalue weighted by molar-refractivity contribution is 0.180. The first kappa shape index (κ1) is 15.9. The number of rotatable bonds is 8. The maximum atomic E-state index is 6.17. The van der Waals surface area contributed by atoms with Crippen LogP contribution in [-0.4, -0.2) is 21.8 Å². The molecule has 0 N–H and O–H groups in total. The number of hydrogen-bond acceptors (Lipinski definition) is 2. The molecule has 1 rings (SSSR count). The Bertz CT molecular complexity index is 349. The van der Waals surface area contributed by atoms with E-state index < -0.39 is 8.56 Å². The fourth-order valence-electron chi connectivity index (χ4n) is 1.88. The van der Waals surface area contributed by atoms with Crippen LogP contribution in [0.15, 0.2) is 28.7 Å². The molecule has 0 saturated carbocycles. The standard InChI is InChI=1S/C14H23BrO2Si/c1-4-10-16-18(6-3,17-11-5-2)14-9-7-8-13(15)12-14/h7-9,12H,4-6,10-11H2,1-3H3. The average molecular weight is 331 g/mol. The Balaban J connectivity index is 2.99. The molecule has 0 aliphatic rings. The largest absolute Gasteiger partial charge is 0.391 e. The SMILES string of the molecule is CCCO[Si](CC)(OCCC)c1cccc(Br)c1. The summed E-state index contributed by atoms with van der Waals surface area (Å²) in [5.41, 5.74) is 0. The summed E-state index contributed by atoms with van der Waals surface area (Å²) >= 11 is 3.53. The fourth-order valence-corrected chi connectivity index (χ4v) is 5.51. The first-order chi connectivity index (χ1) is 8.68. The van der Waals surface area contributed by atoms with Gasteiger partial charge in [-0.3, -0.25) is 0 Å². The molecule has 0 aromatic heterocycles. The molecule has 18 heavy (non-hydrogen) atoms. The van der Waals surface area contributed by atoms with Gasteiger partial charge in [0.05, 0.1) is 0 Å². The maximum Gasteiger partial charge on any atom is 0.372 e. The Kier molecular flexibility index (Phi) is 7.15. The Morgan fingerprint density at radius 3 is 2.11 bits per heavy atom. The predicted octanol–water partition coefficient (Wildman–Crippen LogP) is 3.97. The Hall–Kier alpha value is -0.163. The zero-order valence-electron chi connectivity index (χ0n) is 11.5. The van der Waals surface area contributed by atoms with Crippen molar-refractivity contribution in [3.05, 3.63) is 28.7 Å². The second kappa shape index (κ2) is 8.10. The van der Waals surface area contributed by atoms with Gasteiger partial charge in [0.1, 0.15) is 0 Å². The minimum absolute atomic E-state index is 0.774. The lowest BCUT2D eigenvalue weighted by atomic mass is 10.4. The van der Waals surface area contributed by atoms with Crippen molar-refractivity contribution in [2.24, 2.45) is 0 Å². The minimum Gasteiger partial charge on any atom is -0.391 e. The van der Waals surface area contributed by atoms with Crippen LogP contribution < -0.4 is 5.19 Å². The molecule has 4 heteroatoms. The van der Waals surface area contributed by atoms with E-state index in [4.69, 9.17) is 8.85 Å². The first-order valence-electron chi connectivity index (χ1n) is 6.72. The molecule has 0 atom stereocenters. The van der Waals surface area contributed by atoms with Crippen LogP contribution in [0.4, 0.5) is 0 Å². The highest BCUT2D eigenvalue weighted by Gasteiger charge is 2.38. The van der Waals surface area contributed by atoms with Crippen molar-refractivity contribution in [1.82, 2.24) is 0 Å². The third-order valence-corrected chi connectivity index (χ3v) is 6.76. The third kappa shape index (κ3) is 4.19. The maximum absolute atomic E-state index is 6.17.